The second-order valence-electron chi connectivity index (χ2n) is 7.27. The zero-order valence-electron chi connectivity index (χ0n) is 16.7. The molecule has 1 amide bonds. The van der Waals surface area contributed by atoms with Crippen LogP contribution in [-0.4, -0.2) is 48.3 Å². The molecular weight excluding hydrogens is 374 g/mol. The van der Waals surface area contributed by atoms with Crippen molar-refractivity contribution in [1.82, 2.24) is 9.91 Å². The first-order valence-electron chi connectivity index (χ1n) is 9.39. The van der Waals surface area contributed by atoms with Gasteiger partial charge in [-0.25, -0.2) is 5.01 Å². The van der Waals surface area contributed by atoms with E-state index < -0.39 is 0 Å². The summed E-state index contributed by atoms with van der Waals surface area (Å²) in [6.45, 7) is 4.43. The molecule has 28 heavy (non-hydrogen) atoms. The molecule has 2 aromatic rings. The van der Waals surface area contributed by atoms with E-state index in [-0.39, 0.29) is 18.0 Å². The van der Waals surface area contributed by atoms with Gasteiger partial charge in [-0.15, -0.1) is 0 Å². The number of hydrazone groups is 1. The number of benzene rings is 2. The summed E-state index contributed by atoms with van der Waals surface area (Å²) in [5, 5.41) is 6.94. The normalized spacial score (nSPS) is 16.6. The van der Waals surface area contributed by atoms with Crippen molar-refractivity contribution in [2.45, 2.75) is 32.4 Å². The van der Waals surface area contributed by atoms with Gasteiger partial charge < -0.3 is 4.74 Å². The molecule has 0 saturated heterocycles. The second-order valence-corrected chi connectivity index (χ2v) is 7.67. The Morgan fingerprint density at radius 3 is 2.71 bits per heavy atom. The summed E-state index contributed by atoms with van der Waals surface area (Å²) in [4.78, 5) is 15.1. The number of hydrogen-bond donors (Lipinski definition) is 0. The van der Waals surface area contributed by atoms with Crippen molar-refractivity contribution in [3.8, 4) is 5.75 Å². The van der Waals surface area contributed by atoms with Gasteiger partial charge >= 0.3 is 0 Å². The third-order valence-corrected chi connectivity index (χ3v) is 5.44. The van der Waals surface area contributed by atoms with Gasteiger partial charge in [0.15, 0.2) is 0 Å². The number of ether oxygens (including phenoxy) is 1. The molecule has 2 aromatic carbocycles. The molecule has 0 spiro atoms. The highest BCUT2D eigenvalue weighted by Gasteiger charge is 2.34. The van der Waals surface area contributed by atoms with Crippen molar-refractivity contribution < 1.29 is 9.53 Å². The molecule has 0 aliphatic carbocycles. The van der Waals surface area contributed by atoms with Gasteiger partial charge in [-0.05, 0) is 44.7 Å². The van der Waals surface area contributed by atoms with Crippen LogP contribution in [0.1, 0.15) is 37.4 Å². The summed E-state index contributed by atoms with van der Waals surface area (Å²) in [5.41, 5.74) is 2.71. The van der Waals surface area contributed by atoms with Crippen LogP contribution in [0.25, 0.3) is 0 Å². The highest BCUT2D eigenvalue weighted by atomic mass is 35.5. The van der Waals surface area contributed by atoms with Crippen LogP contribution in [0.4, 0.5) is 0 Å². The minimum atomic E-state index is -0.219. The highest BCUT2D eigenvalue weighted by molar-refractivity contribution is 6.31. The Bertz CT molecular complexity index is 882. The number of hydrogen-bond acceptors (Lipinski definition) is 4. The van der Waals surface area contributed by atoms with E-state index in [1.165, 1.54) is 0 Å². The van der Waals surface area contributed by atoms with Gasteiger partial charge in [0.1, 0.15) is 5.75 Å². The standard InChI is InChI=1S/C22H26ClN3O2/c1-15(2)25(3)14-22(27)26-21(18-10-5-6-11-19(18)23)13-20(24-26)16-8-7-9-17(12-16)28-4/h5-12,15,21H,13-14H2,1-4H3. The first kappa shape index (κ1) is 20.4. The lowest BCUT2D eigenvalue weighted by Gasteiger charge is -2.26. The molecule has 1 atom stereocenters. The largest absolute Gasteiger partial charge is 0.497 e. The summed E-state index contributed by atoms with van der Waals surface area (Å²) < 4.78 is 5.33. The topological polar surface area (TPSA) is 45.1 Å². The fourth-order valence-corrected chi connectivity index (χ4v) is 3.44. The van der Waals surface area contributed by atoms with E-state index in [9.17, 15) is 4.79 Å². The van der Waals surface area contributed by atoms with E-state index in [4.69, 9.17) is 21.4 Å². The molecule has 0 fully saturated rings. The Balaban J connectivity index is 1.95. The number of carbonyl (C=O) groups is 1. The SMILES string of the molecule is COc1cccc(C2=NN(C(=O)CN(C)C(C)C)C(c3ccccc3Cl)C2)c1. The van der Waals surface area contributed by atoms with Crippen molar-refractivity contribution in [3.63, 3.8) is 0 Å². The summed E-state index contributed by atoms with van der Waals surface area (Å²) in [5.74, 6) is 0.720. The predicted octanol–water partition coefficient (Wildman–Crippen LogP) is 4.37. The van der Waals surface area contributed by atoms with E-state index in [1.54, 1.807) is 12.1 Å². The molecule has 6 heteroatoms. The lowest BCUT2D eigenvalue weighted by atomic mass is 9.98. The average Bonchev–Trinajstić information content (AvgIpc) is 3.13. The first-order chi connectivity index (χ1) is 13.4. The monoisotopic (exact) mass is 399 g/mol. The van der Waals surface area contributed by atoms with Gasteiger partial charge in [0.05, 0.1) is 25.4 Å². The molecule has 1 aliphatic heterocycles. The summed E-state index contributed by atoms with van der Waals surface area (Å²) in [6, 6.07) is 15.4. The molecule has 0 radical (unpaired) electrons. The molecule has 1 heterocycles. The maximum Gasteiger partial charge on any atom is 0.257 e. The van der Waals surface area contributed by atoms with Crippen LogP contribution in [-0.2, 0) is 4.79 Å². The molecule has 3 rings (SSSR count). The molecule has 0 bridgehead atoms. The number of nitrogens with zero attached hydrogens (tertiary/aromatic N) is 3. The first-order valence-corrected chi connectivity index (χ1v) is 9.77. The number of likely N-dealkylation sites (N-methyl/N-ethyl adjacent to an activating group) is 1. The fourth-order valence-electron chi connectivity index (χ4n) is 3.17. The van der Waals surface area contributed by atoms with Gasteiger partial charge in [-0.2, -0.15) is 5.10 Å². The third kappa shape index (κ3) is 4.37. The van der Waals surface area contributed by atoms with Crippen LogP contribution in [0.3, 0.4) is 0 Å². The molecule has 1 unspecified atom stereocenters. The number of halogens is 1. The molecule has 0 aromatic heterocycles. The predicted molar refractivity (Wildman–Crippen MR) is 113 cm³/mol. The van der Waals surface area contributed by atoms with Crippen molar-refractivity contribution in [3.05, 3.63) is 64.7 Å². The van der Waals surface area contributed by atoms with Crippen LogP contribution >= 0.6 is 11.6 Å². The number of rotatable bonds is 6. The van der Waals surface area contributed by atoms with Gasteiger partial charge in [0.25, 0.3) is 5.91 Å². The van der Waals surface area contributed by atoms with Crippen LogP contribution in [0, 0.1) is 0 Å². The molecular formula is C22H26ClN3O2. The molecule has 0 saturated carbocycles. The molecule has 0 N–H and O–H groups in total. The Hall–Kier alpha value is -2.37. The van der Waals surface area contributed by atoms with Gasteiger partial charge in [0.2, 0.25) is 0 Å². The van der Waals surface area contributed by atoms with Gasteiger partial charge in [-0.3, -0.25) is 9.69 Å². The van der Waals surface area contributed by atoms with E-state index >= 15 is 0 Å². The van der Waals surface area contributed by atoms with Crippen molar-refractivity contribution in [1.29, 1.82) is 0 Å². The zero-order chi connectivity index (χ0) is 20.3. The molecule has 1 aliphatic rings. The van der Waals surface area contributed by atoms with E-state index in [0.29, 0.717) is 18.0 Å². The lowest BCUT2D eigenvalue weighted by Crippen LogP contribution is -2.39. The Labute approximate surface area is 171 Å². The lowest BCUT2D eigenvalue weighted by molar-refractivity contribution is -0.134. The van der Waals surface area contributed by atoms with Crippen LogP contribution < -0.4 is 4.74 Å². The molecule has 5 nitrogen and oxygen atoms in total. The highest BCUT2D eigenvalue weighted by Crippen LogP contribution is 2.36. The van der Waals surface area contributed by atoms with Crippen molar-refractivity contribution >= 4 is 23.2 Å². The average molecular weight is 400 g/mol. The summed E-state index contributed by atoms with van der Waals surface area (Å²) in [7, 11) is 3.58. The smallest absolute Gasteiger partial charge is 0.257 e. The van der Waals surface area contributed by atoms with Crippen LogP contribution in [0.15, 0.2) is 53.6 Å². The minimum absolute atomic E-state index is 0.0426. The van der Waals surface area contributed by atoms with E-state index in [1.807, 2.05) is 60.5 Å². The number of carbonyl (C=O) groups excluding carboxylic acids is 1. The van der Waals surface area contributed by atoms with Gasteiger partial charge in [-0.1, -0.05) is 41.9 Å². The van der Waals surface area contributed by atoms with E-state index in [2.05, 4.69) is 13.8 Å². The Morgan fingerprint density at radius 1 is 1.29 bits per heavy atom. The van der Waals surface area contributed by atoms with Crippen LogP contribution in [0.5, 0.6) is 5.75 Å². The molecule has 148 valence electrons. The van der Waals surface area contributed by atoms with Crippen molar-refractivity contribution in [2.75, 3.05) is 20.7 Å². The van der Waals surface area contributed by atoms with Crippen molar-refractivity contribution in [2.24, 2.45) is 5.10 Å². The Kier molecular flexibility index (Phi) is 6.37. The number of methoxy groups -OCH3 is 1. The maximum absolute atomic E-state index is 13.1. The van der Waals surface area contributed by atoms with Crippen LogP contribution in [0.2, 0.25) is 5.02 Å². The minimum Gasteiger partial charge on any atom is -0.497 e. The zero-order valence-corrected chi connectivity index (χ0v) is 17.5. The van der Waals surface area contributed by atoms with Gasteiger partial charge in [0, 0.05) is 23.0 Å². The number of amides is 1. The summed E-state index contributed by atoms with van der Waals surface area (Å²) in [6.07, 6.45) is 0.605. The fraction of sp³-hybridized carbons (Fsp3) is 0.364. The summed E-state index contributed by atoms with van der Waals surface area (Å²) >= 11 is 6.45. The quantitative estimate of drug-likeness (QED) is 0.724. The maximum atomic E-state index is 13.1. The second kappa shape index (κ2) is 8.76. The Morgan fingerprint density at radius 2 is 2.04 bits per heavy atom. The third-order valence-electron chi connectivity index (χ3n) is 5.10. The van der Waals surface area contributed by atoms with E-state index in [0.717, 1.165) is 22.6 Å².